The SMILES string of the molecule is O=C(C=C(O)c1cc(Cc2cc(F)cc(F)c2F)cn(Cc2ccccc2F)c1=O)C(=O)N1CCN(c2ccc(-n3cccc3)cc2)CC1. The third kappa shape index (κ3) is 7.33. The van der Waals surface area contributed by atoms with Gasteiger partial charge < -0.3 is 24.0 Å². The van der Waals surface area contributed by atoms with E-state index < -0.39 is 58.3 Å². The van der Waals surface area contributed by atoms with Gasteiger partial charge in [-0.15, -0.1) is 0 Å². The maximum absolute atomic E-state index is 14.5. The number of nitrogens with zero attached hydrogens (tertiary/aromatic N) is 4. The molecule has 3 heterocycles. The van der Waals surface area contributed by atoms with E-state index in [4.69, 9.17) is 0 Å². The van der Waals surface area contributed by atoms with Crippen molar-refractivity contribution < 1.29 is 32.3 Å². The van der Waals surface area contributed by atoms with E-state index in [1.165, 1.54) is 29.3 Å². The van der Waals surface area contributed by atoms with Crippen LogP contribution in [-0.4, -0.2) is 57.0 Å². The second kappa shape index (κ2) is 14.1. The van der Waals surface area contributed by atoms with Crippen molar-refractivity contribution in [1.29, 1.82) is 0 Å². The van der Waals surface area contributed by atoms with E-state index in [1.807, 2.05) is 53.4 Å². The molecule has 1 N–H and O–H groups in total. The zero-order chi connectivity index (χ0) is 34.7. The molecule has 0 unspecified atom stereocenters. The number of hydrogen-bond acceptors (Lipinski definition) is 5. The molecule has 5 aromatic rings. The average molecular weight is 671 g/mol. The number of rotatable bonds is 9. The third-order valence-electron chi connectivity index (χ3n) is 8.34. The minimum atomic E-state index is -1.41. The Morgan fingerprint density at radius 3 is 2.14 bits per heavy atom. The van der Waals surface area contributed by atoms with Gasteiger partial charge >= 0.3 is 0 Å². The molecule has 0 bridgehead atoms. The van der Waals surface area contributed by atoms with Crippen LogP contribution in [0.25, 0.3) is 11.4 Å². The van der Waals surface area contributed by atoms with Crippen LogP contribution >= 0.6 is 0 Å². The van der Waals surface area contributed by atoms with E-state index in [0.29, 0.717) is 25.2 Å². The van der Waals surface area contributed by atoms with Gasteiger partial charge in [-0.25, -0.2) is 17.6 Å². The van der Waals surface area contributed by atoms with E-state index >= 15 is 0 Å². The van der Waals surface area contributed by atoms with Gasteiger partial charge in [-0.1, -0.05) is 18.2 Å². The minimum absolute atomic E-state index is 0.112. The number of anilines is 1. The first-order valence-electron chi connectivity index (χ1n) is 15.4. The molecule has 3 aromatic carbocycles. The van der Waals surface area contributed by atoms with Gasteiger partial charge in [-0.3, -0.25) is 14.4 Å². The Hall–Kier alpha value is -5.91. The number of aliphatic hydroxyl groups excluding tert-OH is 1. The maximum atomic E-state index is 14.5. The maximum Gasteiger partial charge on any atom is 0.294 e. The lowest BCUT2D eigenvalue weighted by atomic mass is 10.0. The molecular weight excluding hydrogens is 640 g/mol. The Morgan fingerprint density at radius 2 is 1.45 bits per heavy atom. The fourth-order valence-corrected chi connectivity index (χ4v) is 5.79. The number of ketones is 1. The van der Waals surface area contributed by atoms with Gasteiger partial charge in [0, 0.05) is 80.3 Å². The molecule has 0 aliphatic carbocycles. The highest BCUT2D eigenvalue weighted by Crippen LogP contribution is 2.22. The van der Waals surface area contributed by atoms with Crippen LogP contribution in [0.1, 0.15) is 22.3 Å². The first-order valence-corrected chi connectivity index (χ1v) is 15.4. The molecule has 0 saturated carbocycles. The molecule has 1 aliphatic heterocycles. The Kier molecular flexibility index (Phi) is 9.47. The molecule has 2 aromatic heterocycles. The van der Waals surface area contributed by atoms with Crippen LogP contribution in [0.15, 0.2) is 108 Å². The molecule has 1 amide bonds. The molecule has 0 spiro atoms. The van der Waals surface area contributed by atoms with Crippen molar-refractivity contribution in [3.05, 3.63) is 159 Å². The number of pyridine rings is 1. The quantitative estimate of drug-likeness (QED) is 0.0721. The molecule has 8 nitrogen and oxygen atoms in total. The van der Waals surface area contributed by atoms with E-state index in [2.05, 4.69) is 4.90 Å². The van der Waals surface area contributed by atoms with E-state index in [9.17, 15) is 37.1 Å². The minimum Gasteiger partial charge on any atom is -0.507 e. The van der Waals surface area contributed by atoms with Crippen LogP contribution < -0.4 is 10.5 Å². The van der Waals surface area contributed by atoms with Gasteiger partial charge in [-0.2, -0.15) is 0 Å². The predicted molar refractivity (Wildman–Crippen MR) is 176 cm³/mol. The lowest BCUT2D eigenvalue weighted by molar-refractivity contribution is -0.142. The lowest BCUT2D eigenvalue weighted by Gasteiger charge is -2.35. The van der Waals surface area contributed by atoms with Crippen LogP contribution in [0, 0.1) is 23.3 Å². The number of benzene rings is 3. The molecule has 6 rings (SSSR count). The Balaban J connectivity index is 1.21. The van der Waals surface area contributed by atoms with Crippen LogP contribution in [0.5, 0.6) is 0 Å². The highest BCUT2D eigenvalue weighted by molar-refractivity contribution is 6.41. The highest BCUT2D eigenvalue weighted by atomic mass is 19.2. The molecular formula is C37H30F4N4O4. The predicted octanol–water partition coefficient (Wildman–Crippen LogP) is 5.65. The molecule has 1 fully saturated rings. The lowest BCUT2D eigenvalue weighted by Crippen LogP contribution is -2.50. The van der Waals surface area contributed by atoms with Crippen molar-refractivity contribution >= 4 is 23.1 Å². The Morgan fingerprint density at radius 1 is 0.776 bits per heavy atom. The van der Waals surface area contributed by atoms with E-state index in [0.717, 1.165) is 28.1 Å². The molecule has 0 atom stereocenters. The van der Waals surface area contributed by atoms with Crippen molar-refractivity contribution in [2.45, 2.75) is 13.0 Å². The molecule has 1 saturated heterocycles. The number of piperazine rings is 1. The van der Waals surface area contributed by atoms with Gasteiger partial charge in [0.2, 0.25) is 5.78 Å². The third-order valence-corrected chi connectivity index (χ3v) is 8.34. The van der Waals surface area contributed by atoms with Gasteiger partial charge in [-0.05, 0) is 65.7 Å². The van der Waals surface area contributed by atoms with Gasteiger partial charge in [0.05, 0.1) is 12.1 Å². The summed E-state index contributed by atoms with van der Waals surface area (Å²) in [5, 5.41) is 11.0. The zero-order valence-electron chi connectivity index (χ0n) is 26.0. The van der Waals surface area contributed by atoms with Gasteiger partial charge in [0.15, 0.2) is 11.6 Å². The summed E-state index contributed by atoms with van der Waals surface area (Å²) in [6, 6.07) is 19.7. The zero-order valence-corrected chi connectivity index (χ0v) is 26.0. The number of carbonyl (C=O) groups is 2. The number of aromatic nitrogens is 2. The van der Waals surface area contributed by atoms with Crippen molar-refractivity contribution in [3.8, 4) is 5.69 Å². The first kappa shape index (κ1) is 33.0. The summed E-state index contributed by atoms with van der Waals surface area (Å²) in [6.07, 6.45) is 5.35. The smallest absolute Gasteiger partial charge is 0.294 e. The molecule has 49 heavy (non-hydrogen) atoms. The standard InChI is InChI=1S/C37H30F4N4O4/c38-27-19-26(35(41)32(40)20-27)17-24-18-30(36(48)45(22-24)23-25-5-1-2-6-31(25)39)33(46)21-34(47)37(49)44-15-13-43(14-16-44)29-9-7-28(8-10-29)42-11-3-4-12-42/h1-12,18-22,46H,13-17,23H2. The molecule has 1 aliphatic rings. The van der Waals surface area contributed by atoms with Crippen LogP contribution in [0.3, 0.4) is 0 Å². The van der Waals surface area contributed by atoms with Crippen molar-refractivity contribution in [2.24, 2.45) is 0 Å². The number of amides is 1. The Bertz CT molecular complexity index is 2100. The van der Waals surface area contributed by atoms with Crippen LogP contribution in [-0.2, 0) is 22.6 Å². The summed E-state index contributed by atoms with van der Waals surface area (Å²) in [5.74, 6) is -7.15. The monoisotopic (exact) mass is 670 g/mol. The fraction of sp³-hybridized carbons (Fsp3) is 0.162. The summed E-state index contributed by atoms with van der Waals surface area (Å²) in [5.41, 5.74) is 0.528. The van der Waals surface area contributed by atoms with Crippen molar-refractivity contribution in [1.82, 2.24) is 14.0 Å². The van der Waals surface area contributed by atoms with E-state index in [-0.39, 0.29) is 36.3 Å². The average Bonchev–Trinajstić information content (AvgIpc) is 3.64. The summed E-state index contributed by atoms with van der Waals surface area (Å²) >= 11 is 0. The van der Waals surface area contributed by atoms with Crippen LogP contribution in [0.2, 0.25) is 0 Å². The Labute approximate surface area is 278 Å². The van der Waals surface area contributed by atoms with Crippen LogP contribution in [0.4, 0.5) is 23.2 Å². The highest BCUT2D eigenvalue weighted by Gasteiger charge is 2.26. The molecule has 0 radical (unpaired) electrons. The molecule has 12 heteroatoms. The van der Waals surface area contributed by atoms with E-state index in [1.54, 1.807) is 6.07 Å². The fourth-order valence-electron chi connectivity index (χ4n) is 5.79. The summed E-state index contributed by atoms with van der Waals surface area (Å²) in [6.45, 7) is 1.07. The largest absolute Gasteiger partial charge is 0.507 e. The topological polar surface area (TPSA) is 87.8 Å². The van der Waals surface area contributed by atoms with Crippen molar-refractivity contribution in [2.75, 3.05) is 31.1 Å². The summed E-state index contributed by atoms with van der Waals surface area (Å²) in [4.78, 5) is 43.0. The first-order chi connectivity index (χ1) is 23.6. The van der Waals surface area contributed by atoms with Gasteiger partial charge in [0.25, 0.3) is 11.5 Å². The molecule has 250 valence electrons. The van der Waals surface area contributed by atoms with Crippen molar-refractivity contribution in [3.63, 3.8) is 0 Å². The second-order valence-corrected chi connectivity index (χ2v) is 11.6. The second-order valence-electron chi connectivity index (χ2n) is 11.6. The summed E-state index contributed by atoms with van der Waals surface area (Å²) < 4.78 is 59.8. The number of halogens is 4. The number of aliphatic hydroxyl groups is 1. The number of carbonyl (C=O) groups excluding carboxylic acids is 2. The summed E-state index contributed by atoms with van der Waals surface area (Å²) in [7, 11) is 0. The normalized spacial score (nSPS) is 13.5. The number of hydrogen-bond donors (Lipinski definition) is 1. The van der Waals surface area contributed by atoms with Gasteiger partial charge in [0.1, 0.15) is 17.4 Å².